The fourth-order valence-corrected chi connectivity index (χ4v) is 1.65. The fraction of sp³-hybridized carbons (Fsp3) is 0.333. The van der Waals surface area contributed by atoms with Crippen LogP contribution >= 0.6 is 0 Å². The molecular formula is C15H18N2O3. The molecule has 2 amide bonds. The highest BCUT2D eigenvalue weighted by molar-refractivity contribution is 5.89. The maximum absolute atomic E-state index is 11.9. The lowest BCUT2D eigenvalue weighted by molar-refractivity contribution is -0.136. The smallest absolute Gasteiger partial charge is 0.322 e. The van der Waals surface area contributed by atoms with Gasteiger partial charge in [-0.1, -0.05) is 18.1 Å². The van der Waals surface area contributed by atoms with Crippen molar-refractivity contribution in [3.8, 4) is 12.3 Å². The van der Waals surface area contributed by atoms with Gasteiger partial charge < -0.3 is 15.3 Å². The first-order valence-electron chi connectivity index (χ1n) is 6.37. The van der Waals surface area contributed by atoms with Crippen LogP contribution in [0.4, 0.5) is 10.5 Å². The molecule has 106 valence electrons. The van der Waals surface area contributed by atoms with E-state index in [1.54, 1.807) is 24.3 Å². The standard InChI is InChI=1S/C15H18N2O3/c1-3-11-17(4-2)15(20)16-13-8-5-12(6-9-13)7-10-14(18)19/h1,5-6,8-9H,4,7,10-11H2,2H3,(H,16,20)(H,18,19). The van der Waals surface area contributed by atoms with Gasteiger partial charge in [-0.15, -0.1) is 6.42 Å². The minimum Gasteiger partial charge on any atom is -0.481 e. The van der Waals surface area contributed by atoms with Crippen molar-refractivity contribution in [3.63, 3.8) is 0 Å². The van der Waals surface area contributed by atoms with Crippen LogP contribution in [0.25, 0.3) is 0 Å². The third kappa shape index (κ3) is 5.02. The van der Waals surface area contributed by atoms with E-state index >= 15 is 0 Å². The van der Waals surface area contributed by atoms with Gasteiger partial charge in [-0.05, 0) is 31.0 Å². The second kappa shape index (κ2) is 7.85. The second-order valence-electron chi connectivity index (χ2n) is 4.24. The number of carbonyl (C=O) groups is 2. The normalized spacial score (nSPS) is 9.60. The van der Waals surface area contributed by atoms with Gasteiger partial charge in [0.2, 0.25) is 0 Å². The Morgan fingerprint density at radius 3 is 2.50 bits per heavy atom. The Morgan fingerprint density at radius 2 is 2.00 bits per heavy atom. The van der Waals surface area contributed by atoms with E-state index in [0.29, 0.717) is 18.7 Å². The minimum absolute atomic E-state index is 0.0947. The van der Waals surface area contributed by atoms with E-state index in [-0.39, 0.29) is 19.0 Å². The molecule has 0 unspecified atom stereocenters. The average molecular weight is 274 g/mol. The number of carbonyl (C=O) groups excluding carboxylic acids is 1. The largest absolute Gasteiger partial charge is 0.481 e. The summed E-state index contributed by atoms with van der Waals surface area (Å²) >= 11 is 0. The Bertz CT molecular complexity index is 503. The Labute approximate surface area is 118 Å². The monoisotopic (exact) mass is 274 g/mol. The number of aryl methyl sites for hydroxylation is 1. The summed E-state index contributed by atoms with van der Waals surface area (Å²) in [6, 6.07) is 6.85. The van der Waals surface area contributed by atoms with Gasteiger partial charge in [0.25, 0.3) is 0 Å². The Balaban J connectivity index is 2.58. The molecule has 2 N–H and O–H groups in total. The zero-order chi connectivity index (χ0) is 15.0. The lowest BCUT2D eigenvalue weighted by atomic mass is 10.1. The number of terminal acetylenes is 1. The number of aliphatic carboxylic acids is 1. The van der Waals surface area contributed by atoms with Crippen LogP contribution in [-0.2, 0) is 11.2 Å². The molecule has 1 rings (SSSR count). The van der Waals surface area contributed by atoms with E-state index in [1.165, 1.54) is 4.90 Å². The summed E-state index contributed by atoms with van der Waals surface area (Å²) in [5, 5.41) is 11.4. The van der Waals surface area contributed by atoms with Crippen molar-refractivity contribution in [1.82, 2.24) is 4.90 Å². The van der Waals surface area contributed by atoms with Crippen molar-refractivity contribution in [2.24, 2.45) is 0 Å². The van der Waals surface area contributed by atoms with Gasteiger partial charge >= 0.3 is 12.0 Å². The first-order valence-corrected chi connectivity index (χ1v) is 6.37. The molecule has 0 heterocycles. The lowest BCUT2D eigenvalue weighted by Crippen LogP contribution is -2.35. The van der Waals surface area contributed by atoms with E-state index < -0.39 is 5.97 Å². The first kappa shape index (κ1) is 15.6. The summed E-state index contributed by atoms with van der Waals surface area (Å²) in [5.74, 6) is 1.61. The van der Waals surface area contributed by atoms with Crippen LogP contribution in [0.3, 0.4) is 0 Å². The number of rotatable bonds is 6. The van der Waals surface area contributed by atoms with Crippen molar-refractivity contribution in [1.29, 1.82) is 0 Å². The SMILES string of the molecule is C#CCN(CC)C(=O)Nc1ccc(CCC(=O)O)cc1. The fourth-order valence-electron chi connectivity index (χ4n) is 1.65. The number of benzene rings is 1. The van der Waals surface area contributed by atoms with Crippen molar-refractivity contribution in [2.45, 2.75) is 19.8 Å². The molecule has 1 aromatic rings. The molecule has 0 aliphatic carbocycles. The number of anilines is 1. The average Bonchev–Trinajstić information content (AvgIpc) is 2.43. The number of urea groups is 1. The van der Waals surface area contributed by atoms with Crippen LogP contribution in [-0.4, -0.2) is 35.1 Å². The molecule has 20 heavy (non-hydrogen) atoms. The van der Waals surface area contributed by atoms with Crippen LogP contribution in [0.15, 0.2) is 24.3 Å². The predicted octanol–water partition coefficient (Wildman–Crippen LogP) is 2.19. The molecule has 0 atom stereocenters. The molecule has 0 radical (unpaired) electrons. The van der Waals surface area contributed by atoms with Crippen molar-refractivity contribution in [2.75, 3.05) is 18.4 Å². The zero-order valence-corrected chi connectivity index (χ0v) is 11.4. The van der Waals surface area contributed by atoms with Crippen LogP contribution in [0.2, 0.25) is 0 Å². The molecule has 0 aliphatic heterocycles. The van der Waals surface area contributed by atoms with E-state index in [9.17, 15) is 9.59 Å². The Kier molecular flexibility index (Phi) is 6.11. The quantitative estimate of drug-likeness (QED) is 0.781. The number of carboxylic acid groups (broad SMARTS) is 1. The molecule has 0 aliphatic rings. The minimum atomic E-state index is -0.824. The van der Waals surface area contributed by atoms with E-state index in [1.807, 2.05) is 6.92 Å². The van der Waals surface area contributed by atoms with E-state index in [0.717, 1.165) is 5.56 Å². The zero-order valence-electron chi connectivity index (χ0n) is 11.4. The number of amides is 2. The second-order valence-corrected chi connectivity index (χ2v) is 4.24. The number of carboxylic acids is 1. The van der Waals surface area contributed by atoms with Crippen LogP contribution in [0.5, 0.6) is 0 Å². The highest BCUT2D eigenvalue weighted by Crippen LogP contribution is 2.12. The topological polar surface area (TPSA) is 69.6 Å². The van der Waals surface area contributed by atoms with Gasteiger partial charge in [-0.2, -0.15) is 0 Å². The predicted molar refractivity (Wildman–Crippen MR) is 77.5 cm³/mol. The number of nitrogens with one attached hydrogen (secondary N) is 1. The molecule has 0 bridgehead atoms. The van der Waals surface area contributed by atoms with E-state index in [2.05, 4.69) is 11.2 Å². The summed E-state index contributed by atoms with van der Waals surface area (Å²) in [6.45, 7) is 2.65. The van der Waals surface area contributed by atoms with Gasteiger partial charge in [-0.3, -0.25) is 4.79 Å². The van der Waals surface area contributed by atoms with Gasteiger partial charge in [0.05, 0.1) is 6.54 Å². The summed E-state index contributed by atoms with van der Waals surface area (Å²) in [4.78, 5) is 23.9. The maximum atomic E-state index is 11.9. The molecule has 5 heteroatoms. The Morgan fingerprint density at radius 1 is 1.35 bits per heavy atom. The summed E-state index contributed by atoms with van der Waals surface area (Å²) in [6.07, 6.45) is 5.76. The van der Waals surface area contributed by atoms with E-state index in [4.69, 9.17) is 11.5 Å². The lowest BCUT2D eigenvalue weighted by Gasteiger charge is -2.18. The molecule has 0 fully saturated rings. The molecular weight excluding hydrogens is 256 g/mol. The van der Waals surface area contributed by atoms with Gasteiger partial charge in [0.1, 0.15) is 0 Å². The van der Waals surface area contributed by atoms with Gasteiger partial charge in [0.15, 0.2) is 0 Å². The molecule has 0 saturated heterocycles. The maximum Gasteiger partial charge on any atom is 0.322 e. The number of hydrogen-bond acceptors (Lipinski definition) is 2. The van der Waals surface area contributed by atoms with Gasteiger partial charge in [0, 0.05) is 18.7 Å². The third-order valence-corrected chi connectivity index (χ3v) is 2.78. The van der Waals surface area contributed by atoms with Crippen molar-refractivity contribution >= 4 is 17.7 Å². The molecule has 5 nitrogen and oxygen atoms in total. The number of nitrogens with zero attached hydrogens (tertiary/aromatic N) is 1. The molecule has 0 saturated carbocycles. The summed E-state index contributed by atoms with van der Waals surface area (Å²) in [7, 11) is 0. The highest BCUT2D eigenvalue weighted by Gasteiger charge is 2.10. The highest BCUT2D eigenvalue weighted by atomic mass is 16.4. The summed E-state index contributed by atoms with van der Waals surface area (Å²) < 4.78 is 0. The van der Waals surface area contributed by atoms with Crippen LogP contribution < -0.4 is 5.32 Å². The van der Waals surface area contributed by atoms with Crippen LogP contribution in [0, 0.1) is 12.3 Å². The molecule has 1 aromatic carbocycles. The van der Waals surface area contributed by atoms with Crippen LogP contribution in [0.1, 0.15) is 18.9 Å². The summed E-state index contributed by atoms with van der Waals surface area (Å²) in [5.41, 5.74) is 1.57. The van der Waals surface area contributed by atoms with Crippen molar-refractivity contribution in [3.05, 3.63) is 29.8 Å². The third-order valence-electron chi connectivity index (χ3n) is 2.78. The molecule has 0 aromatic heterocycles. The molecule has 0 spiro atoms. The first-order chi connectivity index (χ1) is 9.56. The van der Waals surface area contributed by atoms with Gasteiger partial charge in [-0.25, -0.2) is 4.79 Å². The van der Waals surface area contributed by atoms with Crippen molar-refractivity contribution < 1.29 is 14.7 Å². The number of hydrogen-bond donors (Lipinski definition) is 2. The Hall–Kier alpha value is -2.48.